The molecule has 5 nitrogen and oxygen atoms in total. The number of terminal acetylenes is 1. The van der Waals surface area contributed by atoms with Crippen LogP contribution in [0.1, 0.15) is 87.4 Å². The topological polar surface area (TPSA) is 50.8 Å². The average Bonchev–Trinajstić information content (AvgIpc) is 2.94. The number of methoxy groups -OCH3 is 1. The first kappa shape index (κ1) is 27.2. The van der Waals surface area contributed by atoms with Gasteiger partial charge in [-0.15, -0.1) is 6.42 Å². The second kappa shape index (κ2) is 11.5. The van der Waals surface area contributed by atoms with E-state index in [4.69, 9.17) is 15.9 Å². The van der Waals surface area contributed by atoms with Crippen molar-refractivity contribution in [2.45, 2.75) is 88.8 Å². The third-order valence-corrected chi connectivity index (χ3v) is 10.0. The van der Waals surface area contributed by atoms with Gasteiger partial charge in [0, 0.05) is 24.4 Å². The molecule has 0 radical (unpaired) electrons. The molecule has 2 aromatic carbocycles. The number of benzene rings is 2. The van der Waals surface area contributed by atoms with Gasteiger partial charge in [-0.1, -0.05) is 38.0 Å². The van der Waals surface area contributed by atoms with Crippen molar-refractivity contribution in [3.63, 3.8) is 0 Å². The van der Waals surface area contributed by atoms with E-state index in [9.17, 15) is 4.79 Å². The molecule has 0 aromatic heterocycles. The summed E-state index contributed by atoms with van der Waals surface area (Å²) in [7, 11) is 1.68. The summed E-state index contributed by atoms with van der Waals surface area (Å²) >= 11 is 0. The van der Waals surface area contributed by atoms with Gasteiger partial charge in [0.2, 0.25) is 0 Å². The summed E-state index contributed by atoms with van der Waals surface area (Å²) in [6, 6.07) is 15.0. The lowest BCUT2D eigenvalue weighted by Gasteiger charge is -2.57. The van der Waals surface area contributed by atoms with Gasteiger partial charge in [0.15, 0.2) is 0 Å². The van der Waals surface area contributed by atoms with Crippen molar-refractivity contribution in [3.8, 4) is 18.1 Å². The van der Waals surface area contributed by atoms with Crippen LogP contribution in [0.4, 0.5) is 5.69 Å². The number of ether oxygens (including phenoxy) is 2. The maximum atomic E-state index is 13.3. The Labute approximate surface area is 240 Å². The summed E-state index contributed by atoms with van der Waals surface area (Å²) in [5.41, 5.74) is 4.94. The largest absolute Gasteiger partial charge is 0.491 e. The number of anilines is 1. The quantitative estimate of drug-likeness (QED) is 0.267. The number of nitrogens with one attached hydrogen (secondary N) is 1. The number of nitrogens with zero attached hydrogens (tertiary/aromatic N) is 1. The number of unbranched alkanes of at least 4 members (excludes halogenated alkanes) is 1. The molecule has 0 saturated heterocycles. The third kappa shape index (κ3) is 5.36. The minimum Gasteiger partial charge on any atom is -0.491 e. The maximum Gasteiger partial charge on any atom is 0.299 e. The van der Waals surface area contributed by atoms with Gasteiger partial charge in [-0.05, 0) is 116 Å². The fraction of sp³-hybridized carbons (Fsp3) is 0.571. The third-order valence-electron chi connectivity index (χ3n) is 10.0. The van der Waals surface area contributed by atoms with E-state index in [1.807, 2.05) is 11.0 Å². The number of hydrogen-bond donors (Lipinski definition) is 1. The van der Waals surface area contributed by atoms with E-state index in [0.717, 1.165) is 60.3 Å². The Kier molecular flexibility index (Phi) is 7.82. The standard InChI is InChI=1S/C35H44N2O3/c1-4-6-7-30-19-28-20-31(40-15-14-39-3)12-13-32(28)34(37(30)33(38)5-2)27-8-10-29(11-9-27)36-35-21-24-16-25(22-35)18-26(17-24)23-35/h2,8-13,20,24-26,30,34,36H,4,6-7,14-19,21-23H2,1,3H3/t24?,25?,26?,30-,34-,35?/m0/s1. The van der Waals surface area contributed by atoms with Crippen LogP contribution >= 0.6 is 0 Å². The van der Waals surface area contributed by atoms with E-state index in [0.29, 0.717) is 13.2 Å². The molecular weight excluding hydrogens is 496 g/mol. The molecule has 4 fully saturated rings. The monoisotopic (exact) mass is 540 g/mol. The highest BCUT2D eigenvalue weighted by Gasteiger charge is 2.51. The Morgan fingerprint density at radius 2 is 1.75 bits per heavy atom. The van der Waals surface area contributed by atoms with Crippen LogP contribution in [0.3, 0.4) is 0 Å². The van der Waals surface area contributed by atoms with Crippen molar-refractivity contribution >= 4 is 11.6 Å². The Hall–Kier alpha value is -2.97. The first-order chi connectivity index (χ1) is 19.5. The van der Waals surface area contributed by atoms with E-state index in [2.05, 4.69) is 54.6 Å². The van der Waals surface area contributed by atoms with E-state index >= 15 is 0 Å². The van der Waals surface area contributed by atoms with Gasteiger partial charge in [-0.25, -0.2) is 0 Å². The van der Waals surface area contributed by atoms with Gasteiger partial charge in [0.1, 0.15) is 12.4 Å². The molecule has 4 bridgehead atoms. The van der Waals surface area contributed by atoms with E-state index in [1.165, 1.54) is 49.8 Å². The molecule has 2 atom stereocenters. The fourth-order valence-corrected chi connectivity index (χ4v) is 8.77. The van der Waals surface area contributed by atoms with Gasteiger partial charge in [-0.3, -0.25) is 4.79 Å². The van der Waals surface area contributed by atoms with Crippen LogP contribution in [-0.2, 0) is 16.0 Å². The molecule has 7 rings (SSSR count). The summed E-state index contributed by atoms with van der Waals surface area (Å²) in [6.45, 7) is 3.25. The highest BCUT2D eigenvalue weighted by Crippen LogP contribution is 2.56. The smallest absolute Gasteiger partial charge is 0.299 e. The van der Waals surface area contributed by atoms with Gasteiger partial charge in [0.05, 0.1) is 12.6 Å². The number of amides is 1. The van der Waals surface area contributed by atoms with Crippen LogP contribution in [0, 0.1) is 30.1 Å². The molecule has 4 saturated carbocycles. The average molecular weight is 541 g/mol. The predicted octanol–water partition coefficient (Wildman–Crippen LogP) is 6.76. The van der Waals surface area contributed by atoms with Crippen LogP contribution in [0.15, 0.2) is 42.5 Å². The minimum atomic E-state index is -0.229. The van der Waals surface area contributed by atoms with Crippen LogP contribution in [-0.4, -0.2) is 42.7 Å². The van der Waals surface area contributed by atoms with Gasteiger partial charge >= 0.3 is 0 Å². The number of rotatable bonds is 10. The Morgan fingerprint density at radius 3 is 2.38 bits per heavy atom. The normalized spacial score (nSPS) is 30.0. The zero-order valence-electron chi connectivity index (χ0n) is 24.2. The van der Waals surface area contributed by atoms with Crippen molar-refractivity contribution in [1.82, 2.24) is 4.90 Å². The summed E-state index contributed by atoms with van der Waals surface area (Å²) in [5, 5.41) is 4.01. The number of hydrogen-bond acceptors (Lipinski definition) is 4. The predicted molar refractivity (Wildman–Crippen MR) is 159 cm³/mol. The highest BCUT2D eigenvalue weighted by molar-refractivity contribution is 5.94. The molecule has 1 aliphatic heterocycles. The molecule has 1 N–H and O–H groups in total. The molecule has 40 heavy (non-hydrogen) atoms. The molecular formula is C35H44N2O3. The highest BCUT2D eigenvalue weighted by atomic mass is 16.5. The van der Waals surface area contributed by atoms with Gasteiger partial charge in [0.25, 0.3) is 5.91 Å². The van der Waals surface area contributed by atoms with Crippen LogP contribution in [0.2, 0.25) is 0 Å². The van der Waals surface area contributed by atoms with Crippen molar-refractivity contribution in [2.75, 3.05) is 25.6 Å². The molecule has 0 spiro atoms. The number of carbonyl (C=O) groups excluding carboxylic acids is 1. The second-order valence-electron chi connectivity index (χ2n) is 12.9. The first-order valence-corrected chi connectivity index (χ1v) is 15.4. The lowest BCUT2D eigenvalue weighted by molar-refractivity contribution is -0.130. The molecule has 1 heterocycles. The van der Waals surface area contributed by atoms with E-state index < -0.39 is 0 Å². The SMILES string of the molecule is C#CC(=O)N1[C@@H](CCCC)Cc2cc(OCCOC)ccc2[C@@H]1c1ccc(NC23CC4CC(CC(C4)C2)C3)cc1. The summed E-state index contributed by atoms with van der Waals surface area (Å²) in [5.74, 6) is 5.78. The van der Waals surface area contributed by atoms with Crippen molar-refractivity contribution in [2.24, 2.45) is 17.8 Å². The number of fused-ring (bicyclic) bond motifs is 1. The second-order valence-corrected chi connectivity index (χ2v) is 12.9. The van der Waals surface area contributed by atoms with Gasteiger partial charge in [-0.2, -0.15) is 0 Å². The molecule has 1 amide bonds. The van der Waals surface area contributed by atoms with Crippen LogP contribution in [0.5, 0.6) is 5.75 Å². The zero-order chi connectivity index (χ0) is 27.7. The number of carbonyl (C=O) groups is 1. The summed E-state index contributed by atoms with van der Waals surface area (Å²) in [4.78, 5) is 15.3. The zero-order valence-corrected chi connectivity index (χ0v) is 24.2. The molecule has 212 valence electrons. The first-order valence-electron chi connectivity index (χ1n) is 15.4. The van der Waals surface area contributed by atoms with E-state index in [1.54, 1.807) is 7.11 Å². The molecule has 5 aliphatic rings. The van der Waals surface area contributed by atoms with Crippen molar-refractivity contribution < 1.29 is 14.3 Å². The maximum absolute atomic E-state index is 13.3. The van der Waals surface area contributed by atoms with E-state index in [-0.39, 0.29) is 23.5 Å². The van der Waals surface area contributed by atoms with Gasteiger partial charge < -0.3 is 19.7 Å². The molecule has 5 heteroatoms. The molecule has 4 aliphatic carbocycles. The lowest BCUT2D eigenvalue weighted by Crippen LogP contribution is -2.54. The molecule has 2 aromatic rings. The lowest BCUT2D eigenvalue weighted by atomic mass is 9.53. The molecule has 0 unspecified atom stereocenters. The van der Waals surface area contributed by atoms with Crippen molar-refractivity contribution in [1.29, 1.82) is 0 Å². The Morgan fingerprint density at radius 1 is 1.05 bits per heavy atom. The van der Waals surface area contributed by atoms with Crippen LogP contribution in [0.25, 0.3) is 0 Å². The summed E-state index contributed by atoms with van der Waals surface area (Å²) < 4.78 is 11.1. The minimum absolute atomic E-state index is 0.0556. The summed E-state index contributed by atoms with van der Waals surface area (Å²) in [6.07, 6.45) is 17.9. The Bertz CT molecular complexity index is 1210. The van der Waals surface area contributed by atoms with Crippen LogP contribution < -0.4 is 10.1 Å². The fourth-order valence-electron chi connectivity index (χ4n) is 8.77. The van der Waals surface area contributed by atoms with Crippen molar-refractivity contribution in [3.05, 3.63) is 59.2 Å². The Balaban J connectivity index is 1.30.